The van der Waals surface area contributed by atoms with E-state index < -0.39 is 0 Å². The third-order valence-corrected chi connectivity index (χ3v) is 6.66. The van der Waals surface area contributed by atoms with E-state index in [-0.39, 0.29) is 0 Å². The lowest BCUT2D eigenvalue weighted by molar-refractivity contribution is 0.544. The fourth-order valence-corrected chi connectivity index (χ4v) is 4.51. The zero-order valence-electron chi connectivity index (χ0n) is 20.9. The van der Waals surface area contributed by atoms with Gasteiger partial charge in [-0.25, -0.2) is 0 Å². The summed E-state index contributed by atoms with van der Waals surface area (Å²) in [5.41, 5.74) is 3.08. The molecule has 0 N–H and O–H groups in total. The molecule has 1 aromatic carbocycles. The average Bonchev–Trinajstić information content (AvgIpc) is 2.77. The number of rotatable bonds is 22. The smallest absolute Gasteiger partial charge is 0.0279 e. The first kappa shape index (κ1) is 27.3. The van der Waals surface area contributed by atoms with Crippen LogP contribution < -0.4 is 0 Å². The van der Waals surface area contributed by atoms with Crippen LogP contribution in [0.3, 0.4) is 0 Å². The summed E-state index contributed by atoms with van der Waals surface area (Å²) in [5.74, 6) is 0. The lowest BCUT2D eigenvalue weighted by Crippen LogP contribution is -1.90. The van der Waals surface area contributed by atoms with Gasteiger partial charge in [-0.15, -0.1) is 0 Å². The number of benzene rings is 1. The van der Waals surface area contributed by atoms with Gasteiger partial charge < -0.3 is 0 Å². The molecule has 1 aromatic rings. The van der Waals surface area contributed by atoms with Gasteiger partial charge in [0, 0.05) is 0 Å². The average molecular weight is 415 g/mol. The van der Waals surface area contributed by atoms with E-state index in [9.17, 15) is 0 Å². The van der Waals surface area contributed by atoms with Crippen LogP contribution >= 0.6 is 0 Å². The minimum absolute atomic E-state index is 1.27. The first-order valence-corrected chi connectivity index (χ1v) is 13.9. The monoisotopic (exact) mass is 414 g/mol. The van der Waals surface area contributed by atoms with Crippen molar-refractivity contribution in [2.45, 2.75) is 155 Å². The van der Waals surface area contributed by atoms with E-state index in [1.54, 1.807) is 11.1 Å². The highest BCUT2D eigenvalue weighted by Gasteiger charge is 1.98. The highest BCUT2D eigenvalue weighted by atomic mass is 14.0. The lowest BCUT2D eigenvalue weighted by atomic mass is 10.0. The Bertz CT molecular complexity index is 444. The summed E-state index contributed by atoms with van der Waals surface area (Å²) in [6.07, 6.45) is 31.1. The Hall–Kier alpha value is -0.780. The second-order valence-electron chi connectivity index (χ2n) is 9.68. The SMILES string of the molecule is CCCCCCCCCCCCCCc1ccc(CCCCCCCCCC)cc1. The van der Waals surface area contributed by atoms with Gasteiger partial charge in [0.1, 0.15) is 0 Å². The van der Waals surface area contributed by atoms with Gasteiger partial charge in [0.05, 0.1) is 0 Å². The molecule has 0 heteroatoms. The fraction of sp³-hybridized carbons (Fsp3) is 0.800. The Morgan fingerprint density at radius 3 is 0.833 bits per heavy atom. The third-order valence-electron chi connectivity index (χ3n) is 6.66. The van der Waals surface area contributed by atoms with Crippen molar-refractivity contribution < 1.29 is 0 Å². The maximum absolute atomic E-state index is 2.39. The molecule has 0 aliphatic rings. The Balaban J connectivity index is 1.90. The van der Waals surface area contributed by atoms with E-state index in [0.717, 1.165) is 0 Å². The van der Waals surface area contributed by atoms with Gasteiger partial charge in [0.25, 0.3) is 0 Å². The Labute approximate surface area is 190 Å². The van der Waals surface area contributed by atoms with Crippen LogP contribution in [-0.4, -0.2) is 0 Å². The zero-order chi connectivity index (χ0) is 21.5. The predicted molar refractivity (Wildman–Crippen MR) is 138 cm³/mol. The molecule has 0 fully saturated rings. The van der Waals surface area contributed by atoms with Crippen LogP contribution in [0.1, 0.15) is 153 Å². The van der Waals surface area contributed by atoms with Crippen molar-refractivity contribution in [1.29, 1.82) is 0 Å². The molecule has 0 amide bonds. The summed E-state index contributed by atoms with van der Waals surface area (Å²) in [5, 5.41) is 0. The molecule has 0 atom stereocenters. The Morgan fingerprint density at radius 1 is 0.333 bits per heavy atom. The molecular weight excluding hydrogens is 360 g/mol. The topological polar surface area (TPSA) is 0 Å². The second kappa shape index (κ2) is 21.5. The number of aryl methyl sites for hydroxylation is 2. The van der Waals surface area contributed by atoms with Crippen molar-refractivity contribution in [1.82, 2.24) is 0 Å². The van der Waals surface area contributed by atoms with Crippen molar-refractivity contribution in [2.75, 3.05) is 0 Å². The molecular formula is C30H54. The summed E-state index contributed by atoms with van der Waals surface area (Å²) in [7, 11) is 0. The van der Waals surface area contributed by atoms with Crippen LogP contribution in [0.5, 0.6) is 0 Å². The van der Waals surface area contributed by atoms with Crippen molar-refractivity contribution >= 4 is 0 Å². The van der Waals surface area contributed by atoms with Gasteiger partial charge in [-0.05, 0) is 36.8 Å². The number of hydrogen-bond acceptors (Lipinski definition) is 0. The Kier molecular flexibility index (Phi) is 19.5. The number of hydrogen-bond donors (Lipinski definition) is 0. The summed E-state index contributed by atoms with van der Waals surface area (Å²) >= 11 is 0. The molecule has 0 heterocycles. The van der Waals surface area contributed by atoms with Gasteiger partial charge >= 0.3 is 0 Å². The summed E-state index contributed by atoms with van der Waals surface area (Å²) in [6.45, 7) is 4.59. The molecule has 30 heavy (non-hydrogen) atoms. The highest BCUT2D eigenvalue weighted by Crippen LogP contribution is 2.15. The lowest BCUT2D eigenvalue weighted by Gasteiger charge is -2.06. The van der Waals surface area contributed by atoms with E-state index in [0.29, 0.717) is 0 Å². The van der Waals surface area contributed by atoms with Gasteiger partial charge in [0.2, 0.25) is 0 Å². The van der Waals surface area contributed by atoms with E-state index in [1.807, 2.05) is 0 Å². The maximum atomic E-state index is 2.39. The molecule has 0 nitrogen and oxygen atoms in total. The minimum atomic E-state index is 1.27. The van der Waals surface area contributed by atoms with Crippen molar-refractivity contribution in [2.24, 2.45) is 0 Å². The summed E-state index contributed by atoms with van der Waals surface area (Å²) in [4.78, 5) is 0. The first-order valence-electron chi connectivity index (χ1n) is 13.9. The van der Waals surface area contributed by atoms with E-state index in [4.69, 9.17) is 0 Å². The first-order chi connectivity index (χ1) is 14.9. The molecule has 0 aliphatic carbocycles. The normalized spacial score (nSPS) is 11.3. The van der Waals surface area contributed by atoms with Crippen LogP contribution in [0.2, 0.25) is 0 Å². The van der Waals surface area contributed by atoms with Crippen LogP contribution in [0.25, 0.3) is 0 Å². The maximum Gasteiger partial charge on any atom is -0.0279 e. The van der Waals surface area contributed by atoms with Gasteiger partial charge in [-0.3, -0.25) is 0 Å². The molecule has 0 aromatic heterocycles. The van der Waals surface area contributed by atoms with E-state index in [2.05, 4.69) is 38.1 Å². The van der Waals surface area contributed by atoms with Crippen LogP contribution in [-0.2, 0) is 12.8 Å². The standard InChI is InChI=1S/C30H54/c1-3-5-7-9-11-13-14-15-16-18-20-22-24-30-27-25-29(26-28-30)23-21-19-17-12-10-8-6-4-2/h25-28H,3-24H2,1-2H3. The van der Waals surface area contributed by atoms with Gasteiger partial charge in [-0.2, -0.15) is 0 Å². The molecule has 174 valence electrons. The number of unbranched alkanes of at least 4 members (excludes halogenated alkanes) is 18. The Morgan fingerprint density at radius 2 is 0.567 bits per heavy atom. The molecule has 0 aliphatic heterocycles. The largest absolute Gasteiger partial charge is 0.0654 e. The quantitative estimate of drug-likeness (QED) is 0.165. The van der Waals surface area contributed by atoms with Crippen LogP contribution in [0, 0.1) is 0 Å². The molecule has 1 rings (SSSR count). The predicted octanol–water partition coefficient (Wildman–Crippen LogP) is 10.6. The summed E-state index contributed by atoms with van der Waals surface area (Å²) in [6, 6.07) is 9.55. The second-order valence-corrected chi connectivity index (χ2v) is 9.68. The van der Waals surface area contributed by atoms with Gasteiger partial charge in [-0.1, -0.05) is 154 Å². The zero-order valence-corrected chi connectivity index (χ0v) is 20.9. The molecule has 0 radical (unpaired) electrons. The van der Waals surface area contributed by atoms with Crippen molar-refractivity contribution in [3.8, 4) is 0 Å². The van der Waals surface area contributed by atoms with E-state index >= 15 is 0 Å². The third kappa shape index (κ3) is 17.0. The van der Waals surface area contributed by atoms with Crippen molar-refractivity contribution in [3.63, 3.8) is 0 Å². The van der Waals surface area contributed by atoms with E-state index in [1.165, 1.54) is 141 Å². The molecule has 0 spiro atoms. The van der Waals surface area contributed by atoms with Crippen molar-refractivity contribution in [3.05, 3.63) is 35.4 Å². The minimum Gasteiger partial charge on any atom is -0.0654 e. The fourth-order valence-electron chi connectivity index (χ4n) is 4.51. The highest BCUT2D eigenvalue weighted by molar-refractivity contribution is 5.22. The van der Waals surface area contributed by atoms with Crippen LogP contribution in [0.15, 0.2) is 24.3 Å². The molecule has 0 saturated heterocycles. The van der Waals surface area contributed by atoms with Gasteiger partial charge in [0.15, 0.2) is 0 Å². The molecule has 0 bridgehead atoms. The van der Waals surface area contributed by atoms with Crippen LogP contribution in [0.4, 0.5) is 0 Å². The molecule has 0 saturated carbocycles. The molecule has 0 unspecified atom stereocenters. The summed E-state index contributed by atoms with van der Waals surface area (Å²) < 4.78 is 0.